The average Bonchev–Trinajstić information content (AvgIpc) is 3.12. The van der Waals surface area contributed by atoms with Gasteiger partial charge in [-0.25, -0.2) is 14.8 Å². The van der Waals surface area contributed by atoms with Crippen LogP contribution in [0.2, 0.25) is 0 Å². The Morgan fingerprint density at radius 3 is 2.93 bits per heavy atom. The molecule has 0 unspecified atom stereocenters. The number of aromatic nitrogens is 3. The number of nitrogens with zero attached hydrogens (tertiary/aromatic N) is 4. The van der Waals surface area contributed by atoms with E-state index >= 15 is 0 Å². The SMILES string of the molecule is CN1CCc2[nH]c3ncnc(C4=CCN(C(=O)Nc5cccc(Br)c5)CC4)c3c2C1. The summed E-state index contributed by atoms with van der Waals surface area (Å²) in [6, 6.07) is 7.54. The van der Waals surface area contributed by atoms with Crippen LogP contribution in [0.15, 0.2) is 41.1 Å². The molecule has 3 aromatic rings. The molecule has 0 atom stereocenters. The van der Waals surface area contributed by atoms with Gasteiger partial charge in [-0.1, -0.05) is 28.1 Å². The molecule has 2 aliphatic heterocycles. The van der Waals surface area contributed by atoms with Gasteiger partial charge in [0.25, 0.3) is 0 Å². The molecule has 5 rings (SSSR count). The summed E-state index contributed by atoms with van der Waals surface area (Å²) in [4.78, 5) is 29.4. The molecular weight excluding hydrogens is 444 g/mol. The van der Waals surface area contributed by atoms with E-state index in [-0.39, 0.29) is 6.03 Å². The molecule has 2 N–H and O–H groups in total. The minimum atomic E-state index is -0.0862. The number of carbonyl (C=O) groups excluding carboxylic acids is 1. The number of amides is 2. The summed E-state index contributed by atoms with van der Waals surface area (Å²) < 4.78 is 0.939. The maximum Gasteiger partial charge on any atom is 0.322 e. The lowest BCUT2D eigenvalue weighted by atomic mass is 9.98. The second-order valence-electron chi connectivity index (χ2n) is 7.88. The second-order valence-corrected chi connectivity index (χ2v) is 8.80. The van der Waals surface area contributed by atoms with Gasteiger partial charge < -0.3 is 20.1 Å². The van der Waals surface area contributed by atoms with Crippen molar-refractivity contribution in [3.8, 4) is 0 Å². The third kappa shape index (κ3) is 3.61. The van der Waals surface area contributed by atoms with Crippen LogP contribution in [-0.2, 0) is 13.0 Å². The Hall–Kier alpha value is -2.71. The van der Waals surface area contributed by atoms with Crippen molar-refractivity contribution in [2.24, 2.45) is 0 Å². The third-order valence-corrected chi connectivity index (χ3v) is 6.32. The van der Waals surface area contributed by atoms with Gasteiger partial charge in [0.2, 0.25) is 0 Å². The number of aromatic amines is 1. The van der Waals surface area contributed by atoms with E-state index in [2.05, 4.69) is 54.2 Å². The summed E-state index contributed by atoms with van der Waals surface area (Å²) in [6.45, 7) is 3.17. The molecule has 0 saturated heterocycles. The summed E-state index contributed by atoms with van der Waals surface area (Å²) in [5.41, 5.74) is 6.46. The standard InChI is InChI=1S/C22H23BrN6O/c1-28-8-7-18-17(12-28)19-20(24-13-25-21(19)27-18)14-5-9-29(10-6-14)22(30)26-16-4-2-3-15(23)11-16/h2-5,11,13H,6-10,12H2,1H3,(H,26,30)(H,24,25,27). The van der Waals surface area contributed by atoms with Crippen molar-refractivity contribution in [1.29, 1.82) is 0 Å². The number of fused-ring (bicyclic) bond motifs is 3. The van der Waals surface area contributed by atoms with E-state index in [4.69, 9.17) is 0 Å². The van der Waals surface area contributed by atoms with Gasteiger partial charge in [-0.15, -0.1) is 0 Å². The van der Waals surface area contributed by atoms with E-state index in [1.54, 1.807) is 6.33 Å². The Kier molecular flexibility index (Phi) is 5.04. The minimum Gasteiger partial charge on any atom is -0.343 e. The molecule has 0 spiro atoms. The first-order valence-corrected chi connectivity index (χ1v) is 10.9. The first kappa shape index (κ1) is 19.3. The lowest BCUT2D eigenvalue weighted by Gasteiger charge is -2.27. The molecule has 0 bridgehead atoms. The molecule has 30 heavy (non-hydrogen) atoms. The van der Waals surface area contributed by atoms with Crippen LogP contribution in [0.5, 0.6) is 0 Å². The Balaban J connectivity index is 1.38. The van der Waals surface area contributed by atoms with Crippen LogP contribution in [0.4, 0.5) is 10.5 Å². The first-order valence-electron chi connectivity index (χ1n) is 10.1. The fraction of sp³-hybridized carbons (Fsp3) is 0.318. The summed E-state index contributed by atoms with van der Waals surface area (Å²) in [5.74, 6) is 0. The zero-order valence-electron chi connectivity index (χ0n) is 16.8. The molecule has 0 aliphatic carbocycles. The van der Waals surface area contributed by atoms with Crippen LogP contribution in [0, 0.1) is 0 Å². The predicted molar refractivity (Wildman–Crippen MR) is 121 cm³/mol. The third-order valence-electron chi connectivity index (χ3n) is 5.83. The Labute approximate surface area is 183 Å². The molecule has 2 aromatic heterocycles. The molecule has 8 heteroatoms. The van der Waals surface area contributed by atoms with E-state index in [9.17, 15) is 4.79 Å². The number of urea groups is 1. The van der Waals surface area contributed by atoms with Gasteiger partial charge in [0, 0.05) is 53.8 Å². The van der Waals surface area contributed by atoms with Crippen LogP contribution >= 0.6 is 15.9 Å². The normalized spacial score (nSPS) is 17.0. The largest absolute Gasteiger partial charge is 0.343 e. The molecule has 0 saturated carbocycles. The van der Waals surface area contributed by atoms with E-state index in [1.807, 2.05) is 29.2 Å². The van der Waals surface area contributed by atoms with Gasteiger partial charge >= 0.3 is 6.03 Å². The predicted octanol–water partition coefficient (Wildman–Crippen LogP) is 4.03. The number of rotatable bonds is 2. The van der Waals surface area contributed by atoms with Crippen LogP contribution in [-0.4, -0.2) is 57.5 Å². The van der Waals surface area contributed by atoms with E-state index in [0.29, 0.717) is 13.1 Å². The monoisotopic (exact) mass is 466 g/mol. The highest BCUT2D eigenvalue weighted by atomic mass is 79.9. The van der Waals surface area contributed by atoms with Crippen molar-refractivity contribution in [2.45, 2.75) is 19.4 Å². The maximum atomic E-state index is 12.7. The van der Waals surface area contributed by atoms with Crippen molar-refractivity contribution in [3.63, 3.8) is 0 Å². The summed E-state index contributed by atoms with van der Waals surface area (Å²) >= 11 is 3.44. The van der Waals surface area contributed by atoms with Crippen LogP contribution < -0.4 is 5.32 Å². The quantitative estimate of drug-likeness (QED) is 0.597. The van der Waals surface area contributed by atoms with Crippen molar-refractivity contribution >= 4 is 44.3 Å². The van der Waals surface area contributed by atoms with Gasteiger partial charge in [-0.2, -0.15) is 0 Å². The van der Waals surface area contributed by atoms with Crippen LogP contribution in [0.1, 0.15) is 23.4 Å². The van der Waals surface area contributed by atoms with E-state index in [1.165, 1.54) is 16.8 Å². The highest BCUT2D eigenvalue weighted by Gasteiger charge is 2.25. The fourth-order valence-electron chi connectivity index (χ4n) is 4.26. The van der Waals surface area contributed by atoms with Gasteiger partial charge in [0.05, 0.1) is 5.69 Å². The van der Waals surface area contributed by atoms with Gasteiger partial charge in [0.1, 0.15) is 12.0 Å². The van der Waals surface area contributed by atoms with Crippen LogP contribution in [0.3, 0.4) is 0 Å². The van der Waals surface area contributed by atoms with Crippen molar-refractivity contribution < 1.29 is 4.79 Å². The average molecular weight is 467 g/mol. The highest BCUT2D eigenvalue weighted by molar-refractivity contribution is 9.10. The molecule has 7 nitrogen and oxygen atoms in total. The molecule has 2 aliphatic rings. The number of carbonyl (C=O) groups is 1. The highest BCUT2D eigenvalue weighted by Crippen LogP contribution is 2.33. The Morgan fingerprint density at radius 1 is 1.23 bits per heavy atom. The van der Waals surface area contributed by atoms with Crippen molar-refractivity contribution in [3.05, 3.63) is 58.1 Å². The topological polar surface area (TPSA) is 77.2 Å². The van der Waals surface area contributed by atoms with E-state index < -0.39 is 0 Å². The molecule has 4 heterocycles. The molecule has 0 radical (unpaired) electrons. The first-order chi connectivity index (χ1) is 14.6. The fourth-order valence-corrected chi connectivity index (χ4v) is 4.66. The number of anilines is 1. The van der Waals surface area contributed by atoms with E-state index in [0.717, 1.165) is 52.8 Å². The zero-order valence-corrected chi connectivity index (χ0v) is 18.4. The summed E-state index contributed by atoms with van der Waals surface area (Å²) in [6.07, 6.45) is 5.53. The number of halogens is 1. The molecule has 0 fully saturated rings. The number of H-pyrrole nitrogens is 1. The lowest BCUT2D eigenvalue weighted by Crippen LogP contribution is -2.38. The van der Waals surface area contributed by atoms with Gasteiger partial charge in [0.15, 0.2) is 0 Å². The van der Waals surface area contributed by atoms with Crippen molar-refractivity contribution in [1.82, 2.24) is 24.8 Å². The number of benzene rings is 1. The van der Waals surface area contributed by atoms with Crippen LogP contribution in [0.25, 0.3) is 16.6 Å². The Bertz CT molecular complexity index is 1150. The maximum absolute atomic E-state index is 12.7. The smallest absolute Gasteiger partial charge is 0.322 e. The molecular formula is C22H23BrN6O. The summed E-state index contributed by atoms with van der Waals surface area (Å²) in [7, 11) is 2.15. The zero-order chi connectivity index (χ0) is 20.7. The number of nitrogens with one attached hydrogen (secondary N) is 2. The minimum absolute atomic E-state index is 0.0862. The number of hydrogen-bond acceptors (Lipinski definition) is 4. The second kappa shape index (κ2) is 7.85. The Morgan fingerprint density at radius 2 is 2.13 bits per heavy atom. The van der Waals surface area contributed by atoms with Gasteiger partial charge in [-0.3, -0.25) is 0 Å². The number of likely N-dealkylation sites (N-methyl/N-ethyl adjacent to an activating group) is 1. The van der Waals surface area contributed by atoms with Gasteiger partial charge in [-0.05, 0) is 42.8 Å². The molecule has 1 aromatic carbocycles. The molecule has 154 valence electrons. The number of hydrogen-bond donors (Lipinski definition) is 2. The van der Waals surface area contributed by atoms with Crippen molar-refractivity contribution in [2.75, 3.05) is 32.0 Å². The lowest BCUT2D eigenvalue weighted by molar-refractivity contribution is 0.217. The summed E-state index contributed by atoms with van der Waals surface area (Å²) in [5, 5.41) is 4.11. The molecule has 2 amide bonds.